The number of aryl methyl sites for hydroxylation is 1. The predicted molar refractivity (Wildman–Crippen MR) is 125 cm³/mol. The van der Waals surface area contributed by atoms with Crippen LogP contribution in [0.3, 0.4) is 0 Å². The lowest BCUT2D eigenvalue weighted by atomic mass is 10.1. The zero-order chi connectivity index (χ0) is 25.3. The van der Waals surface area contributed by atoms with Gasteiger partial charge in [0.1, 0.15) is 12.1 Å². The zero-order valence-corrected chi connectivity index (χ0v) is 20.1. The Morgan fingerprint density at radius 2 is 1.91 bits per heavy atom. The number of nitrogens with zero attached hydrogens (tertiary/aromatic N) is 1. The van der Waals surface area contributed by atoms with Crippen molar-refractivity contribution < 1.29 is 27.9 Å². The SMILES string of the molecule is CNC(=N)NCCC[C@H](NC(=O)[C@@H]1CCCN1C(=O)CNS(=O)(=O)c1ccc(C)cc1)C(=O)O. The van der Waals surface area contributed by atoms with Gasteiger partial charge in [0.25, 0.3) is 0 Å². The number of carboxylic acids is 1. The van der Waals surface area contributed by atoms with Crippen LogP contribution in [0.15, 0.2) is 29.2 Å². The number of guanidine groups is 1. The van der Waals surface area contributed by atoms with Crippen molar-refractivity contribution in [3.05, 3.63) is 29.8 Å². The molecule has 1 aromatic carbocycles. The molecule has 0 aliphatic carbocycles. The number of likely N-dealkylation sites (tertiary alicyclic amines) is 1. The summed E-state index contributed by atoms with van der Waals surface area (Å²) in [4.78, 5) is 38.3. The molecule has 6 N–H and O–H groups in total. The van der Waals surface area contributed by atoms with Gasteiger partial charge in [-0.15, -0.1) is 0 Å². The molecule has 1 aromatic rings. The fourth-order valence-corrected chi connectivity index (χ4v) is 4.50. The van der Waals surface area contributed by atoms with Crippen molar-refractivity contribution in [2.24, 2.45) is 0 Å². The number of carboxylic acid groups (broad SMARTS) is 1. The average molecular weight is 497 g/mol. The van der Waals surface area contributed by atoms with E-state index in [1.54, 1.807) is 19.2 Å². The molecule has 1 aliphatic heterocycles. The second-order valence-corrected chi connectivity index (χ2v) is 9.74. The molecule has 2 rings (SSSR count). The molecule has 1 aliphatic rings. The lowest BCUT2D eigenvalue weighted by Crippen LogP contribution is -2.52. The Bertz CT molecular complexity index is 998. The third-order valence-corrected chi connectivity index (χ3v) is 6.87. The van der Waals surface area contributed by atoms with Gasteiger partial charge in [-0.25, -0.2) is 17.9 Å². The van der Waals surface area contributed by atoms with Crippen molar-refractivity contribution in [3.63, 3.8) is 0 Å². The minimum atomic E-state index is -3.89. The van der Waals surface area contributed by atoms with E-state index < -0.39 is 46.4 Å². The standard InChI is InChI=1S/C21H32N6O6S/c1-14-7-9-15(10-8-14)34(32,33)25-13-18(28)27-12-4-6-17(27)19(29)26-16(20(30)31)5-3-11-24-21(22)23-2/h7-10,16-17,25H,3-6,11-13H2,1-2H3,(H,26,29)(H,30,31)(H3,22,23,24)/t16-,17-/m0/s1. The Balaban J connectivity index is 1.92. The van der Waals surface area contributed by atoms with Gasteiger partial charge in [-0.05, 0) is 44.7 Å². The maximum Gasteiger partial charge on any atom is 0.326 e. The first-order valence-corrected chi connectivity index (χ1v) is 12.4. The average Bonchev–Trinajstić information content (AvgIpc) is 3.29. The van der Waals surface area contributed by atoms with Gasteiger partial charge in [0.05, 0.1) is 11.4 Å². The Morgan fingerprint density at radius 1 is 1.24 bits per heavy atom. The van der Waals surface area contributed by atoms with Crippen LogP contribution < -0.4 is 20.7 Å². The maximum absolute atomic E-state index is 12.8. The van der Waals surface area contributed by atoms with Crippen molar-refractivity contribution in [3.8, 4) is 0 Å². The summed E-state index contributed by atoms with van der Waals surface area (Å²) in [6, 6.07) is 4.17. The van der Waals surface area contributed by atoms with E-state index in [0.29, 0.717) is 25.8 Å². The van der Waals surface area contributed by atoms with Crippen molar-refractivity contribution in [1.82, 2.24) is 25.6 Å². The first-order valence-electron chi connectivity index (χ1n) is 10.9. The van der Waals surface area contributed by atoms with E-state index in [0.717, 1.165) is 5.56 Å². The molecule has 34 heavy (non-hydrogen) atoms. The second-order valence-electron chi connectivity index (χ2n) is 7.98. The minimum absolute atomic E-state index is 0.0326. The van der Waals surface area contributed by atoms with Crippen LogP contribution in [0.1, 0.15) is 31.2 Å². The van der Waals surface area contributed by atoms with E-state index in [-0.39, 0.29) is 23.8 Å². The van der Waals surface area contributed by atoms with Gasteiger partial charge in [0, 0.05) is 20.1 Å². The van der Waals surface area contributed by atoms with Crippen LogP contribution in [0.25, 0.3) is 0 Å². The molecule has 12 nitrogen and oxygen atoms in total. The zero-order valence-electron chi connectivity index (χ0n) is 19.3. The normalized spacial score (nSPS) is 16.5. The number of carbonyl (C=O) groups excluding carboxylic acids is 2. The van der Waals surface area contributed by atoms with E-state index >= 15 is 0 Å². The highest BCUT2D eigenvalue weighted by atomic mass is 32.2. The van der Waals surface area contributed by atoms with Gasteiger partial charge in [0.2, 0.25) is 21.8 Å². The molecule has 0 bridgehead atoms. The first kappa shape index (κ1) is 27.1. The van der Waals surface area contributed by atoms with Crippen LogP contribution in [0.4, 0.5) is 0 Å². The summed E-state index contributed by atoms with van der Waals surface area (Å²) in [7, 11) is -2.31. The number of amides is 2. The highest BCUT2D eigenvalue weighted by molar-refractivity contribution is 7.89. The number of nitrogens with one attached hydrogen (secondary N) is 5. The highest BCUT2D eigenvalue weighted by Crippen LogP contribution is 2.18. The summed E-state index contributed by atoms with van der Waals surface area (Å²) in [5.74, 6) is -2.24. The van der Waals surface area contributed by atoms with Crippen molar-refractivity contribution in [2.45, 2.75) is 49.6 Å². The summed E-state index contributed by atoms with van der Waals surface area (Å²) < 4.78 is 27.1. The van der Waals surface area contributed by atoms with E-state index in [1.807, 2.05) is 6.92 Å². The maximum atomic E-state index is 12.8. The van der Waals surface area contributed by atoms with Gasteiger partial charge in [-0.1, -0.05) is 17.7 Å². The Hall–Kier alpha value is -3.19. The van der Waals surface area contributed by atoms with Gasteiger partial charge in [0.15, 0.2) is 5.96 Å². The van der Waals surface area contributed by atoms with Crippen LogP contribution in [0.5, 0.6) is 0 Å². The topological polar surface area (TPSA) is 181 Å². The summed E-state index contributed by atoms with van der Waals surface area (Å²) >= 11 is 0. The molecule has 2 atom stereocenters. The molecule has 0 saturated carbocycles. The summed E-state index contributed by atoms with van der Waals surface area (Å²) in [5.41, 5.74) is 0.898. The largest absolute Gasteiger partial charge is 0.480 e. The lowest BCUT2D eigenvalue weighted by molar-refractivity contribution is -0.143. The van der Waals surface area contributed by atoms with Gasteiger partial charge >= 0.3 is 5.97 Å². The molecule has 0 unspecified atom stereocenters. The van der Waals surface area contributed by atoms with Gasteiger partial charge in [-0.3, -0.25) is 15.0 Å². The number of benzene rings is 1. The fraction of sp³-hybridized carbons (Fsp3) is 0.524. The Labute approximate surface area is 199 Å². The van der Waals surface area contributed by atoms with E-state index in [1.165, 1.54) is 17.0 Å². The van der Waals surface area contributed by atoms with Crippen LogP contribution in [-0.2, 0) is 24.4 Å². The number of rotatable bonds is 11. The van der Waals surface area contributed by atoms with E-state index in [4.69, 9.17) is 5.41 Å². The number of sulfonamides is 1. The van der Waals surface area contributed by atoms with E-state index in [9.17, 15) is 27.9 Å². The molecule has 188 valence electrons. The van der Waals surface area contributed by atoms with E-state index in [2.05, 4.69) is 20.7 Å². The van der Waals surface area contributed by atoms with Crippen LogP contribution in [-0.4, -0.2) is 80.9 Å². The quantitative estimate of drug-likeness (QED) is 0.133. The first-order chi connectivity index (χ1) is 16.0. The molecule has 13 heteroatoms. The van der Waals surface area contributed by atoms with Crippen molar-refractivity contribution in [2.75, 3.05) is 26.7 Å². The molecule has 0 radical (unpaired) electrons. The Morgan fingerprint density at radius 3 is 2.53 bits per heavy atom. The Kier molecular flexibility index (Phi) is 9.81. The number of carbonyl (C=O) groups is 3. The number of hydrogen-bond acceptors (Lipinski definition) is 6. The van der Waals surface area contributed by atoms with Gasteiger partial charge < -0.3 is 26.0 Å². The fourth-order valence-electron chi connectivity index (χ4n) is 3.53. The minimum Gasteiger partial charge on any atom is -0.480 e. The number of hydrogen-bond donors (Lipinski definition) is 6. The molecule has 0 spiro atoms. The molecule has 1 fully saturated rings. The van der Waals surface area contributed by atoms with Crippen LogP contribution in [0.2, 0.25) is 0 Å². The third kappa shape index (κ3) is 7.70. The smallest absolute Gasteiger partial charge is 0.326 e. The van der Waals surface area contributed by atoms with Crippen LogP contribution in [0, 0.1) is 12.3 Å². The molecular formula is C21H32N6O6S. The highest BCUT2D eigenvalue weighted by Gasteiger charge is 2.36. The van der Waals surface area contributed by atoms with Crippen molar-refractivity contribution in [1.29, 1.82) is 5.41 Å². The molecule has 1 saturated heterocycles. The molecule has 0 aromatic heterocycles. The third-order valence-electron chi connectivity index (χ3n) is 5.46. The summed E-state index contributed by atoms with van der Waals surface area (Å²) in [6.45, 7) is 1.95. The summed E-state index contributed by atoms with van der Waals surface area (Å²) in [5, 5.41) is 24.7. The number of aliphatic carboxylic acids is 1. The summed E-state index contributed by atoms with van der Waals surface area (Å²) in [6.07, 6.45) is 1.44. The van der Waals surface area contributed by atoms with Gasteiger partial charge in [-0.2, -0.15) is 0 Å². The molecular weight excluding hydrogens is 464 g/mol. The predicted octanol–water partition coefficient (Wildman–Crippen LogP) is -0.642. The second kappa shape index (κ2) is 12.3. The molecule has 2 amide bonds. The monoisotopic (exact) mass is 496 g/mol. The lowest BCUT2D eigenvalue weighted by Gasteiger charge is -2.25. The van der Waals surface area contributed by atoms with Crippen LogP contribution >= 0.6 is 0 Å². The molecule has 1 heterocycles. The van der Waals surface area contributed by atoms with Crippen molar-refractivity contribution >= 4 is 33.8 Å².